The Balaban J connectivity index is 1.66. The van der Waals surface area contributed by atoms with Crippen LogP contribution in [0.15, 0.2) is 72.8 Å². The summed E-state index contributed by atoms with van der Waals surface area (Å²) in [7, 11) is 4.93. The molecule has 0 saturated carbocycles. The van der Waals surface area contributed by atoms with Crippen molar-refractivity contribution in [1.29, 1.82) is 0 Å². The summed E-state index contributed by atoms with van der Waals surface area (Å²) in [5, 5.41) is 5.66. The lowest BCUT2D eigenvalue weighted by Gasteiger charge is -2.25. The van der Waals surface area contributed by atoms with E-state index in [1.54, 1.807) is 50.4 Å². The number of nitrogens with one attached hydrogen (secondary N) is 2. The highest BCUT2D eigenvalue weighted by molar-refractivity contribution is 5.93. The molecule has 0 aromatic heterocycles. The van der Waals surface area contributed by atoms with Crippen molar-refractivity contribution in [3.63, 3.8) is 0 Å². The molecule has 0 heterocycles. The summed E-state index contributed by atoms with van der Waals surface area (Å²) < 4.78 is 16.1. The first-order chi connectivity index (χ1) is 17.9. The number of ether oxygens (including phenoxy) is 3. The van der Waals surface area contributed by atoms with Gasteiger partial charge in [-0.15, -0.1) is 0 Å². The van der Waals surface area contributed by atoms with Gasteiger partial charge in [-0.05, 0) is 60.9 Å². The van der Waals surface area contributed by atoms with E-state index in [0.29, 0.717) is 43.2 Å². The number of carbonyl (C=O) groups excluding carboxylic acids is 2. The Bertz CT molecular complexity index is 1150. The van der Waals surface area contributed by atoms with Crippen LogP contribution in [0.2, 0.25) is 0 Å². The minimum atomic E-state index is -0.736. The molecule has 1 atom stereocenters. The molecule has 8 nitrogen and oxygen atoms in total. The van der Waals surface area contributed by atoms with Gasteiger partial charge in [0.05, 0.1) is 20.8 Å². The summed E-state index contributed by atoms with van der Waals surface area (Å²) in [6.45, 7) is 2.95. The van der Waals surface area contributed by atoms with Crippen LogP contribution in [0.25, 0.3) is 0 Å². The molecule has 0 radical (unpaired) electrons. The van der Waals surface area contributed by atoms with E-state index in [4.69, 9.17) is 14.2 Å². The Morgan fingerprint density at radius 1 is 0.892 bits per heavy atom. The van der Waals surface area contributed by atoms with Gasteiger partial charge in [0.2, 0.25) is 5.91 Å². The molecule has 2 N–H and O–H groups in total. The predicted molar refractivity (Wildman–Crippen MR) is 145 cm³/mol. The monoisotopic (exact) mass is 505 g/mol. The molecule has 0 bridgehead atoms. The largest absolute Gasteiger partial charge is 0.494 e. The number of anilines is 1. The quantitative estimate of drug-likeness (QED) is 0.377. The number of amides is 3. The first kappa shape index (κ1) is 27.4. The third-order valence-corrected chi connectivity index (χ3v) is 5.87. The second-order valence-electron chi connectivity index (χ2n) is 8.50. The number of hydrogen-bond donors (Lipinski definition) is 2. The molecule has 3 amide bonds. The second-order valence-corrected chi connectivity index (χ2v) is 8.50. The van der Waals surface area contributed by atoms with Crippen molar-refractivity contribution in [2.45, 2.75) is 25.8 Å². The molecule has 1 unspecified atom stereocenters. The smallest absolute Gasteiger partial charge is 0.319 e. The van der Waals surface area contributed by atoms with Gasteiger partial charge in [-0.3, -0.25) is 4.79 Å². The second kappa shape index (κ2) is 13.8. The van der Waals surface area contributed by atoms with Crippen molar-refractivity contribution in [3.8, 4) is 17.2 Å². The van der Waals surface area contributed by atoms with Crippen LogP contribution in [-0.4, -0.2) is 57.3 Å². The molecule has 0 saturated heterocycles. The van der Waals surface area contributed by atoms with Crippen molar-refractivity contribution in [2.24, 2.45) is 0 Å². The molecule has 0 aliphatic rings. The maximum Gasteiger partial charge on any atom is 0.319 e. The SMILES string of the molecule is CCOc1ccc(NC(=O)NC(Cc2ccccc2)C(=O)N(C)CCc2ccc(OC)c(OC)c2)cc1. The summed E-state index contributed by atoms with van der Waals surface area (Å²) >= 11 is 0. The Hall–Kier alpha value is -4.20. The standard InChI is InChI=1S/C29H35N3O5/c1-5-37-24-14-12-23(13-15-24)30-29(34)31-25(19-21-9-7-6-8-10-21)28(33)32(2)18-17-22-11-16-26(35-3)27(20-22)36-4/h6-16,20,25H,5,17-19H2,1-4H3,(H2,30,31,34). The average molecular weight is 506 g/mol. The molecule has 0 aliphatic heterocycles. The summed E-state index contributed by atoms with van der Waals surface area (Å²) in [4.78, 5) is 27.9. The third kappa shape index (κ3) is 8.17. The number of hydrogen-bond acceptors (Lipinski definition) is 5. The lowest BCUT2D eigenvalue weighted by molar-refractivity contribution is -0.131. The van der Waals surface area contributed by atoms with Crippen LogP contribution in [0.5, 0.6) is 17.2 Å². The molecule has 3 aromatic carbocycles. The zero-order valence-corrected chi connectivity index (χ0v) is 21.8. The third-order valence-electron chi connectivity index (χ3n) is 5.87. The highest BCUT2D eigenvalue weighted by Gasteiger charge is 2.24. The van der Waals surface area contributed by atoms with Gasteiger partial charge in [0.15, 0.2) is 11.5 Å². The number of carbonyl (C=O) groups is 2. The number of rotatable bonds is 12. The van der Waals surface area contributed by atoms with Gasteiger partial charge in [0.25, 0.3) is 0 Å². The van der Waals surface area contributed by atoms with Crippen LogP contribution in [0.4, 0.5) is 10.5 Å². The fraction of sp³-hybridized carbons (Fsp3) is 0.310. The predicted octanol–water partition coefficient (Wildman–Crippen LogP) is 4.54. The number of benzene rings is 3. The molecule has 0 fully saturated rings. The Morgan fingerprint density at radius 2 is 1.59 bits per heavy atom. The van der Waals surface area contributed by atoms with Crippen LogP contribution < -0.4 is 24.8 Å². The molecule has 3 rings (SSSR count). The molecule has 3 aromatic rings. The fourth-order valence-corrected chi connectivity index (χ4v) is 3.89. The lowest BCUT2D eigenvalue weighted by Crippen LogP contribution is -2.50. The highest BCUT2D eigenvalue weighted by Crippen LogP contribution is 2.27. The zero-order chi connectivity index (χ0) is 26.6. The van der Waals surface area contributed by atoms with Gasteiger partial charge in [-0.25, -0.2) is 4.79 Å². The summed E-state index contributed by atoms with van der Waals surface area (Å²) in [6, 6.07) is 21.2. The van der Waals surface area contributed by atoms with Crippen LogP contribution in [0, 0.1) is 0 Å². The number of nitrogens with zero attached hydrogens (tertiary/aromatic N) is 1. The summed E-state index contributed by atoms with van der Waals surface area (Å²) in [6.07, 6.45) is 0.996. The Labute approximate surface area is 218 Å². The maximum absolute atomic E-state index is 13.4. The van der Waals surface area contributed by atoms with E-state index >= 15 is 0 Å². The maximum atomic E-state index is 13.4. The first-order valence-corrected chi connectivity index (χ1v) is 12.2. The summed E-state index contributed by atoms with van der Waals surface area (Å²) in [5.41, 5.74) is 2.57. The van der Waals surface area contributed by atoms with Crippen LogP contribution >= 0.6 is 0 Å². The van der Waals surface area contributed by atoms with Crippen molar-refractivity contribution in [2.75, 3.05) is 39.7 Å². The van der Waals surface area contributed by atoms with Gasteiger partial charge in [0.1, 0.15) is 11.8 Å². The van der Waals surface area contributed by atoms with Crippen molar-refractivity contribution in [1.82, 2.24) is 10.2 Å². The summed E-state index contributed by atoms with van der Waals surface area (Å²) in [5.74, 6) is 1.85. The molecule has 0 aliphatic carbocycles. The van der Waals surface area contributed by atoms with E-state index in [1.807, 2.05) is 55.5 Å². The molecule has 8 heteroatoms. The Kier molecular flexibility index (Phi) is 10.2. The van der Waals surface area contributed by atoms with Gasteiger partial charge in [-0.1, -0.05) is 36.4 Å². The molecule has 0 spiro atoms. The topological polar surface area (TPSA) is 89.1 Å². The zero-order valence-electron chi connectivity index (χ0n) is 21.8. The fourth-order valence-electron chi connectivity index (χ4n) is 3.89. The first-order valence-electron chi connectivity index (χ1n) is 12.2. The van der Waals surface area contributed by atoms with Gasteiger partial charge in [0, 0.05) is 25.7 Å². The van der Waals surface area contributed by atoms with Crippen molar-refractivity contribution >= 4 is 17.6 Å². The van der Waals surface area contributed by atoms with Gasteiger partial charge < -0.3 is 29.7 Å². The minimum absolute atomic E-state index is 0.175. The Morgan fingerprint density at radius 3 is 2.24 bits per heavy atom. The van der Waals surface area contributed by atoms with Crippen LogP contribution in [0.3, 0.4) is 0 Å². The van der Waals surface area contributed by atoms with E-state index in [9.17, 15) is 9.59 Å². The van der Waals surface area contributed by atoms with E-state index < -0.39 is 12.1 Å². The van der Waals surface area contributed by atoms with Crippen molar-refractivity contribution < 1.29 is 23.8 Å². The number of methoxy groups -OCH3 is 2. The molecule has 37 heavy (non-hydrogen) atoms. The van der Waals surface area contributed by atoms with E-state index in [-0.39, 0.29) is 5.91 Å². The van der Waals surface area contributed by atoms with Crippen molar-refractivity contribution in [3.05, 3.63) is 83.9 Å². The average Bonchev–Trinajstić information content (AvgIpc) is 2.92. The normalized spacial score (nSPS) is 11.2. The van der Waals surface area contributed by atoms with Crippen LogP contribution in [-0.2, 0) is 17.6 Å². The highest BCUT2D eigenvalue weighted by atomic mass is 16.5. The van der Waals surface area contributed by atoms with Gasteiger partial charge >= 0.3 is 6.03 Å². The van der Waals surface area contributed by atoms with E-state index in [0.717, 1.165) is 16.9 Å². The number of urea groups is 1. The van der Waals surface area contributed by atoms with E-state index in [1.165, 1.54) is 0 Å². The van der Waals surface area contributed by atoms with Crippen LogP contribution in [0.1, 0.15) is 18.1 Å². The lowest BCUT2D eigenvalue weighted by atomic mass is 10.0. The molecular formula is C29H35N3O5. The molecular weight excluding hydrogens is 470 g/mol. The molecule has 196 valence electrons. The number of likely N-dealkylation sites (N-methyl/N-ethyl adjacent to an activating group) is 1. The van der Waals surface area contributed by atoms with Gasteiger partial charge in [-0.2, -0.15) is 0 Å². The minimum Gasteiger partial charge on any atom is -0.494 e. The van der Waals surface area contributed by atoms with E-state index in [2.05, 4.69) is 10.6 Å².